The minimum absolute atomic E-state index is 0.115. The Balaban J connectivity index is 1.49. The number of carbonyl (C=O) groups excluding carboxylic acids is 3. The number of amides is 3. The van der Waals surface area contributed by atoms with Crippen molar-refractivity contribution in [1.82, 2.24) is 15.5 Å². The predicted octanol–water partition coefficient (Wildman–Crippen LogP) is 1.20. The maximum absolute atomic E-state index is 12.5. The first kappa shape index (κ1) is 20.7. The second kappa shape index (κ2) is 9.42. The van der Waals surface area contributed by atoms with Crippen molar-refractivity contribution in [3.63, 3.8) is 0 Å². The summed E-state index contributed by atoms with van der Waals surface area (Å²) in [5, 5.41) is 6.88. The molecule has 1 aliphatic heterocycles. The highest BCUT2D eigenvalue weighted by Crippen LogP contribution is 2.33. The molecule has 2 aromatic rings. The fourth-order valence-corrected chi connectivity index (χ4v) is 3.74. The fourth-order valence-electron chi connectivity index (χ4n) is 3.10. The van der Waals surface area contributed by atoms with Gasteiger partial charge in [-0.2, -0.15) is 0 Å². The molecular weight excluding hydrogens is 394 g/mol. The lowest BCUT2D eigenvalue weighted by Crippen LogP contribution is -2.44. The quantitative estimate of drug-likeness (QED) is 0.706. The largest absolute Gasteiger partial charge is 0.493 e. The summed E-state index contributed by atoms with van der Waals surface area (Å²) in [5.41, 5.74) is 2.11. The number of nitrogens with one attached hydrogen (secondary N) is 2. The highest BCUT2D eigenvalue weighted by atomic mass is 32.1. The molecule has 0 spiro atoms. The van der Waals surface area contributed by atoms with Crippen LogP contribution in [0.3, 0.4) is 0 Å². The van der Waals surface area contributed by atoms with Crippen molar-refractivity contribution in [2.24, 2.45) is 0 Å². The van der Waals surface area contributed by atoms with Crippen LogP contribution in [-0.2, 0) is 22.6 Å². The van der Waals surface area contributed by atoms with E-state index in [1.807, 2.05) is 12.1 Å². The van der Waals surface area contributed by atoms with Gasteiger partial charge in [-0.05, 0) is 41.1 Å². The molecule has 1 aromatic carbocycles. The van der Waals surface area contributed by atoms with E-state index in [9.17, 15) is 14.4 Å². The van der Waals surface area contributed by atoms with Crippen molar-refractivity contribution >= 4 is 29.1 Å². The molecule has 0 saturated carbocycles. The highest BCUT2D eigenvalue weighted by Gasteiger charge is 2.23. The molecule has 0 radical (unpaired) electrons. The normalized spacial score (nSPS) is 12.7. The molecular formula is C20H23N3O5S. The topological polar surface area (TPSA) is 97.0 Å². The van der Waals surface area contributed by atoms with Crippen LogP contribution in [0.15, 0.2) is 29.6 Å². The second-order valence-electron chi connectivity index (χ2n) is 6.48. The Bertz CT molecular complexity index is 898. The molecule has 0 saturated heterocycles. The number of ether oxygens (including phenoxy) is 2. The van der Waals surface area contributed by atoms with Crippen LogP contribution >= 0.6 is 11.3 Å². The molecule has 0 fully saturated rings. The third kappa shape index (κ3) is 5.05. The van der Waals surface area contributed by atoms with Crippen molar-refractivity contribution in [1.29, 1.82) is 0 Å². The van der Waals surface area contributed by atoms with E-state index in [0.29, 0.717) is 35.9 Å². The van der Waals surface area contributed by atoms with E-state index in [1.165, 1.54) is 11.3 Å². The van der Waals surface area contributed by atoms with Crippen LogP contribution in [0.1, 0.15) is 20.8 Å². The number of thiophene rings is 1. The van der Waals surface area contributed by atoms with Crippen LogP contribution in [0.2, 0.25) is 0 Å². The van der Waals surface area contributed by atoms with Crippen molar-refractivity contribution in [3.8, 4) is 11.5 Å². The van der Waals surface area contributed by atoms with Gasteiger partial charge in [-0.15, -0.1) is 11.3 Å². The molecule has 1 aliphatic rings. The third-order valence-electron chi connectivity index (χ3n) is 4.66. The Morgan fingerprint density at radius 1 is 1.07 bits per heavy atom. The van der Waals surface area contributed by atoms with E-state index in [2.05, 4.69) is 10.6 Å². The molecule has 0 bridgehead atoms. The first-order valence-corrected chi connectivity index (χ1v) is 9.99. The average Bonchev–Trinajstić information content (AvgIpc) is 3.29. The summed E-state index contributed by atoms with van der Waals surface area (Å²) in [6.07, 6.45) is 0.701. The van der Waals surface area contributed by atoms with Crippen LogP contribution in [0.4, 0.5) is 0 Å². The van der Waals surface area contributed by atoms with Crippen LogP contribution in [0.5, 0.6) is 11.5 Å². The summed E-state index contributed by atoms with van der Waals surface area (Å²) in [5.74, 6) is 0.396. The number of methoxy groups -OCH3 is 2. The summed E-state index contributed by atoms with van der Waals surface area (Å²) in [4.78, 5) is 38.5. The minimum atomic E-state index is -0.410. The Kier molecular flexibility index (Phi) is 6.71. The smallest absolute Gasteiger partial charge is 0.261 e. The van der Waals surface area contributed by atoms with Crippen molar-refractivity contribution < 1.29 is 23.9 Å². The number of hydrogen-bond donors (Lipinski definition) is 2. The van der Waals surface area contributed by atoms with Gasteiger partial charge in [0.25, 0.3) is 5.91 Å². The van der Waals surface area contributed by atoms with Gasteiger partial charge in [-0.3, -0.25) is 14.4 Å². The van der Waals surface area contributed by atoms with Gasteiger partial charge >= 0.3 is 0 Å². The summed E-state index contributed by atoms with van der Waals surface area (Å²) >= 11 is 1.30. The molecule has 1 aromatic heterocycles. The number of rotatable bonds is 7. The fraction of sp³-hybridized carbons (Fsp3) is 0.350. The van der Waals surface area contributed by atoms with Gasteiger partial charge in [-0.1, -0.05) is 6.07 Å². The average molecular weight is 417 g/mol. The molecule has 0 aliphatic carbocycles. The number of hydrogen-bond acceptors (Lipinski definition) is 6. The Labute approximate surface area is 172 Å². The zero-order chi connectivity index (χ0) is 20.8. The molecule has 9 heteroatoms. The Morgan fingerprint density at radius 2 is 1.79 bits per heavy atom. The number of benzene rings is 1. The van der Waals surface area contributed by atoms with Crippen molar-refractivity contribution in [2.45, 2.75) is 13.0 Å². The molecule has 8 nitrogen and oxygen atoms in total. The van der Waals surface area contributed by atoms with Crippen molar-refractivity contribution in [3.05, 3.63) is 45.6 Å². The van der Waals surface area contributed by atoms with E-state index in [-0.39, 0.29) is 24.9 Å². The van der Waals surface area contributed by atoms with Gasteiger partial charge in [0.05, 0.1) is 32.2 Å². The molecule has 154 valence electrons. The van der Waals surface area contributed by atoms with E-state index in [1.54, 1.807) is 36.6 Å². The molecule has 0 atom stereocenters. The van der Waals surface area contributed by atoms with Gasteiger partial charge in [0, 0.05) is 13.1 Å². The van der Waals surface area contributed by atoms with E-state index < -0.39 is 5.91 Å². The maximum Gasteiger partial charge on any atom is 0.261 e. The lowest BCUT2D eigenvalue weighted by atomic mass is 9.98. The third-order valence-corrected chi connectivity index (χ3v) is 5.53. The lowest BCUT2D eigenvalue weighted by molar-refractivity contribution is -0.133. The summed E-state index contributed by atoms with van der Waals surface area (Å²) in [6.45, 7) is 0.714. The molecule has 29 heavy (non-hydrogen) atoms. The lowest BCUT2D eigenvalue weighted by Gasteiger charge is -2.29. The van der Waals surface area contributed by atoms with Gasteiger partial charge in [0.2, 0.25) is 11.8 Å². The molecule has 2 N–H and O–H groups in total. The van der Waals surface area contributed by atoms with Crippen LogP contribution in [0, 0.1) is 0 Å². The molecule has 2 heterocycles. The SMILES string of the molecule is COc1cc2c(cc1OC)CN(C(=O)CNC(=O)CNC(=O)c1cccs1)CC2. The number of carbonyl (C=O) groups is 3. The van der Waals surface area contributed by atoms with Gasteiger partial charge < -0.3 is 25.0 Å². The van der Waals surface area contributed by atoms with Gasteiger partial charge in [0.1, 0.15) is 0 Å². The number of fused-ring (bicyclic) bond motifs is 1. The standard InChI is InChI=1S/C20H23N3O5S/c1-27-15-8-13-5-6-23(12-14(13)9-16(15)28-2)19(25)11-21-18(24)10-22-20(26)17-4-3-7-29-17/h3-4,7-9H,5-6,10-12H2,1-2H3,(H,21,24)(H,22,26). The molecule has 3 rings (SSSR count). The second-order valence-corrected chi connectivity index (χ2v) is 7.43. The van der Waals surface area contributed by atoms with E-state index in [0.717, 1.165) is 11.1 Å². The van der Waals surface area contributed by atoms with Crippen LogP contribution < -0.4 is 20.1 Å². The predicted molar refractivity (Wildman–Crippen MR) is 108 cm³/mol. The van der Waals surface area contributed by atoms with E-state index in [4.69, 9.17) is 9.47 Å². The number of nitrogens with zero attached hydrogens (tertiary/aromatic N) is 1. The van der Waals surface area contributed by atoms with Gasteiger partial charge in [0.15, 0.2) is 11.5 Å². The van der Waals surface area contributed by atoms with E-state index >= 15 is 0 Å². The summed E-state index contributed by atoms with van der Waals surface area (Å²) in [7, 11) is 3.16. The monoisotopic (exact) mass is 417 g/mol. The zero-order valence-corrected chi connectivity index (χ0v) is 17.1. The Hall–Kier alpha value is -3.07. The summed E-state index contributed by atoms with van der Waals surface area (Å²) in [6, 6.07) is 7.27. The summed E-state index contributed by atoms with van der Waals surface area (Å²) < 4.78 is 10.7. The maximum atomic E-state index is 12.5. The molecule has 0 unspecified atom stereocenters. The Morgan fingerprint density at radius 3 is 2.45 bits per heavy atom. The first-order valence-electron chi connectivity index (χ1n) is 9.11. The first-order chi connectivity index (χ1) is 14.0. The van der Waals surface area contributed by atoms with Crippen LogP contribution in [0.25, 0.3) is 0 Å². The van der Waals surface area contributed by atoms with Gasteiger partial charge in [-0.25, -0.2) is 0 Å². The van der Waals surface area contributed by atoms with Crippen molar-refractivity contribution in [2.75, 3.05) is 33.9 Å². The minimum Gasteiger partial charge on any atom is -0.493 e. The van der Waals surface area contributed by atoms with Crippen LogP contribution in [-0.4, -0.2) is 56.5 Å². The molecule has 3 amide bonds. The zero-order valence-electron chi connectivity index (χ0n) is 16.3. The highest BCUT2D eigenvalue weighted by molar-refractivity contribution is 7.12.